The molecule has 0 aromatic heterocycles. The number of hydrogen-bond donors (Lipinski definition) is 1. The highest BCUT2D eigenvalue weighted by molar-refractivity contribution is 7.65. The molecule has 0 amide bonds. The lowest BCUT2D eigenvalue weighted by Crippen LogP contribution is -2.40. The van der Waals surface area contributed by atoms with Gasteiger partial charge in [-0.1, -0.05) is 0 Å². The van der Waals surface area contributed by atoms with Crippen LogP contribution in [0.2, 0.25) is 0 Å². The molecule has 1 N–H and O–H groups in total. The third-order valence-corrected chi connectivity index (χ3v) is 7.70. The van der Waals surface area contributed by atoms with E-state index in [1.54, 1.807) is 34.4 Å². The van der Waals surface area contributed by atoms with Crippen molar-refractivity contribution in [2.45, 2.75) is 64.8 Å². The van der Waals surface area contributed by atoms with Crippen LogP contribution in [0.5, 0.6) is 0 Å². The molecule has 1 unspecified atom stereocenters. The summed E-state index contributed by atoms with van der Waals surface area (Å²) < 4.78 is 24.3. The lowest BCUT2D eigenvalue weighted by molar-refractivity contribution is -0.0632. The van der Waals surface area contributed by atoms with E-state index in [0.29, 0.717) is 6.61 Å². The Morgan fingerprint density at radius 1 is 1.00 bits per heavy atom. The van der Waals surface area contributed by atoms with E-state index >= 15 is 0 Å². The molecule has 0 aliphatic carbocycles. The first-order valence-corrected chi connectivity index (χ1v) is 8.50. The second-order valence-corrected chi connectivity index (χ2v) is 10.4. The second-order valence-electron chi connectivity index (χ2n) is 6.35. The zero-order valence-electron chi connectivity index (χ0n) is 13.0. The van der Waals surface area contributed by atoms with Gasteiger partial charge in [0.1, 0.15) is 17.8 Å². The van der Waals surface area contributed by atoms with Crippen molar-refractivity contribution in [3.63, 3.8) is 0 Å². The molecular weight excluding hydrogens is 251 g/mol. The van der Waals surface area contributed by atoms with E-state index in [2.05, 4.69) is 0 Å². The standard InChI is InChI=1S/C13H29O4P/c1-9-16-12(4,5)18(8,15)13(6,7)17-10-11(2,3)14/h14H,9-10H2,1-8H3. The van der Waals surface area contributed by atoms with Crippen molar-refractivity contribution in [3.8, 4) is 0 Å². The van der Waals surface area contributed by atoms with Crippen LogP contribution >= 0.6 is 7.14 Å². The van der Waals surface area contributed by atoms with Crippen LogP contribution in [-0.2, 0) is 14.0 Å². The Balaban J connectivity index is 5.02. The van der Waals surface area contributed by atoms with Crippen molar-refractivity contribution in [1.29, 1.82) is 0 Å². The van der Waals surface area contributed by atoms with Gasteiger partial charge in [0.15, 0.2) is 0 Å². The summed E-state index contributed by atoms with van der Waals surface area (Å²) in [7, 11) is -2.76. The summed E-state index contributed by atoms with van der Waals surface area (Å²) in [5.74, 6) is 0. The maximum atomic E-state index is 13.0. The number of aliphatic hydroxyl groups is 1. The number of hydrogen-bond acceptors (Lipinski definition) is 4. The number of rotatable bonds is 7. The minimum absolute atomic E-state index is 0.139. The van der Waals surface area contributed by atoms with Gasteiger partial charge in [-0.2, -0.15) is 0 Å². The molecule has 18 heavy (non-hydrogen) atoms. The Morgan fingerprint density at radius 3 is 1.72 bits per heavy atom. The first kappa shape index (κ1) is 18.1. The van der Waals surface area contributed by atoms with Crippen molar-refractivity contribution in [2.75, 3.05) is 19.9 Å². The van der Waals surface area contributed by atoms with Gasteiger partial charge in [-0.15, -0.1) is 0 Å². The molecule has 0 spiro atoms. The maximum Gasteiger partial charge on any atom is 0.144 e. The van der Waals surface area contributed by atoms with Gasteiger partial charge in [-0.05, 0) is 55.1 Å². The minimum Gasteiger partial charge on any atom is -0.388 e. The molecule has 0 fully saturated rings. The number of ether oxygens (including phenoxy) is 2. The highest BCUT2D eigenvalue weighted by Gasteiger charge is 2.49. The minimum atomic E-state index is -2.76. The molecule has 0 bridgehead atoms. The van der Waals surface area contributed by atoms with Crippen molar-refractivity contribution < 1.29 is 19.1 Å². The zero-order valence-corrected chi connectivity index (χ0v) is 13.9. The Morgan fingerprint density at radius 2 is 1.39 bits per heavy atom. The predicted molar refractivity (Wildman–Crippen MR) is 75.6 cm³/mol. The van der Waals surface area contributed by atoms with Gasteiger partial charge in [0, 0.05) is 6.61 Å². The van der Waals surface area contributed by atoms with Gasteiger partial charge < -0.3 is 19.1 Å². The van der Waals surface area contributed by atoms with Gasteiger partial charge in [0.25, 0.3) is 0 Å². The first-order chi connectivity index (χ1) is 7.77. The molecule has 0 aromatic rings. The van der Waals surface area contributed by atoms with Crippen molar-refractivity contribution >= 4 is 7.14 Å². The molecule has 4 nitrogen and oxygen atoms in total. The second kappa shape index (κ2) is 5.62. The SMILES string of the molecule is CCOC(C)(C)P(C)(=O)C(C)(C)OCC(C)(C)O. The van der Waals surface area contributed by atoms with E-state index in [1.807, 2.05) is 20.8 Å². The topological polar surface area (TPSA) is 55.8 Å². The molecule has 5 heteroatoms. The normalized spacial score (nSPS) is 17.6. The first-order valence-electron chi connectivity index (χ1n) is 6.35. The highest BCUT2D eigenvalue weighted by Crippen LogP contribution is 2.65. The summed E-state index contributed by atoms with van der Waals surface area (Å²) in [4.78, 5) is 0. The van der Waals surface area contributed by atoms with Crippen molar-refractivity contribution in [1.82, 2.24) is 0 Å². The van der Waals surface area contributed by atoms with E-state index in [9.17, 15) is 9.67 Å². The van der Waals surface area contributed by atoms with Crippen LogP contribution in [0.4, 0.5) is 0 Å². The molecule has 0 radical (unpaired) electrons. The van der Waals surface area contributed by atoms with E-state index in [0.717, 1.165) is 0 Å². The Kier molecular flexibility index (Phi) is 5.65. The molecule has 0 heterocycles. The van der Waals surface area contributed by atoms with Crippen LogP contribution in [0, 0.1) is 0 Å². The summed E-state index contributed by atoms with van der Waals surface area (Å²) in [5.41, 5.74) is -0.937. The quantitative estimate of drug-likeness (QED) is 0.727. The van der Waals surface area contributed by atoms with E-state index in [-0.39, 0.29) is 6.61 Å². The molecule has 1 atom stereocenters. The molecule has 0 aliphatic rings. The van der Waals surface area contributed by atoms with Crippen LogP contribution in [0.3, 0.4) is 0 Å². The van der Waals surface area contributed by atoms with Gasteiger partial charge >= 0.3 is 0 Å². The lowest BCUT2D eigenvalue weighted by atomic mass is 10.2. The molecule has 110 valence electrons. The molecular formula is C13H29O4P. The summed E-state index contributed by atoms with van der Waals surface area (Å²) in [6.07, 6.45) is 0. The summed E-state index contributed by atoms with van der Waals surface area (Å²) in [5, 5.41) is 8.12. The van der Waals surface area contributed by atoms with Crippen molar-refractivity contribution in [2.24, 2.45) is 0 Å². The average Bonchev–Trinajstić information content (AvgIpc) is 2.13. The van der Waals surface area contributed by atoms with Crippen LogP contribution in [-0.4, -0.2) is 41.3 Å². The van der Waals surface area contributed by atoms with Gasteiger partial charge in [0.2, 0.25) is 0 Å². The molecule has 0 rings (SSSR count). The predicted octanol–water partition coefficient (Wildman–Crippen LogP) is 3.28. The summed E-state index contributed by atoms with van der Waals surface area (Å²) in [6, 6.07) is 0. The zero-order chi connectivity index (χ0) is 14.8. The van der Waals surface area contributed by atoms with Crippen LogP contribution < -0.4 is 0 Å². The smallest absolute Gasteiger partial charge is 0.144 e. The van der Waals surface area contributed by atoms with Crippen LogP contribution in [0.25, 0.3) is 0 Å². The largest absolute Gasteiger partial charge is 0.388 e. The Bertz CT molecular complexity index is 315. The molecule has 0 saturated heterocycles. The third-order valence-electron chi connectivity index (χ3n) is 3.33. The molecule has 0 aliphatic heterocycles. The highest BCUT2D eigenvalue weighted by atomic mass is 31.2. The van der Waals surface area contributed by atoms with Crippen molar-refractivity contribution in [3.05, 3.63) is 0 Å². The average molecular weight is 280 g/mol. The molecule has 0 saturated carbocycles. The Hall–Kier alpha value is 0.110. The fourth-order valence-corrected chi connectivity index (χ4v) is 3.58. The summed E-state index contributed by atoms with van der Waals surface area (Å²) in [6.45, 7) is 14.8. The van der Waals surface area contributed by atoms with Gasteiger partial charge in [-0.25, -0.2) is 0 Å². The summed E-state index contributed by atoms with van der Waals surface area (Å²) >= 11 is 0. The fraction of sp³-hybridized carbons (Fsp3) is 1.00. The van der Waals surface area contributed by atoms with Crippen LogP contribution in [0.15, 0.2) is 0 Å². The van der Waals surface area contributed by atoms with Gasteiger partial charge in [0.05, 0.1) is 12.2 Å². The third kappa shape index (κ3) is 4.34. The molecule has 0 aromatic carbocycles. The Labute approximate surface area is 111 Å². The van der Waals surface area contributed by atoms with Crippen LogP contribution in [0.1, 0.15) is 48.5 Å². The monoisotopic (exact) mass is 280 g/mol. The van der Waals surface area contributed by atoms with E-state index < -0.39 is 23.4 Å². The van der Waals surface area contributed by atoms with E-state index in [1.165, 1.54) is 0 Å². The fourth-order valence-electron chi connectivity index (χ4n) is 1.60. The maximum absolute atomic E-state index is 13.0. The van der Waals surface area contributed by atoms with Gasteiger partial charge in [-0.3, -0.25) is 0 Å². The van der Waals surface area contributed by atoms with E-state index in [4.69, 9.17) is 9.47 Å². The lowest BCUT2D eigenvalue weighted by Gasteiger charge is -2.42.